The number of benzene rings is 1. The molecule has 154 valence electrons. The van der Waals surface area contributed by atoms with Gasteiger partial charge in [0.05, 0.1) is 34.7 Å². The minimum atomic E-state index is -2.72. The molecule has 0 atom stereocenters. The predicted molar refractivity (Wildman–Crippen MR) is 109 cm³/mol. The van der Waals surface area contributed by atoms with Crippen LogP contribution in [0.1, 0.15) is 30.2 Å². The van der Waals surface area contributed by atoms with Crippen LogP contribution < -0.4 is 10.6 Å². The number of carbonyl (C=O) groups excluding carboxylic acids is 1. The number of rotatable bonds is 6. The van der Waals surface area contributed by atoms with Crippen molar-refractivity contribution < 1.29 is 18.0 Å². The van der Waals surface area contributed by atoms with E-state index in [4.69, 9.17) is 11.6 Å². The highest BCUT2D eigenvalue weighted by atomic mass is 79.9. The van der Waals surface area contributed by atoms with Gasteiger partial charge in [0, 0.05) is 6.04 Å². The number of anilines is 2. The van der Waals surface area contributed by atoms with Crippen molar-refractivity contribution >= 4 is 56.0 Å². The summed E-state index contributed by atoms with van der Waals surface area (Å²) in [5.74, 6) is -1.26. The molecule has 0 saturated heterocycles. The molecule has 2 aromatic heterocycles. The Hall–Kier alpha value is -2.33. The van der Waals surface area contributed by atoms with Gasteiger partial charge >= 0.3 is 0 Å². The summed E-state index contributed by atoms with van der Waals surface area (Å²) in [7, 11) is 0. The number of nitrogens with zero attached hydrogens (tertiary/aromatic N) is 3. The molecule has 0 aliphatic rings. The molecule has 1 aromatic carbocycles. The Morgan fingerprint density at radius 1 is 1.31 bits per heavy atom. The third-order valence-corrected chi connectivity index (χ3v) is 4.77. The number of nitrogens with one attached hydrogen (secondary N) is 2. The molecule has 0 unspecified atom stereocenters. The molecule has 0 spiro atoms. The number of hydrogen-bond acceptors (Lipinski definition) is 4. The third kappa shape index (κ3) is 4.64. The summed E-state index contributed by atoms with van der Waals surface area (Å²) in [5, 5.41) is 4.71. The topological polar surface area (TPSA) is 71.8 Å². The largest absolute Gasteiger partial charge is 0.346 e. The molecule has 3 rings (SSSR count). The number of alkyl halides is 2. The van der Waals surface area contributed by atoms with E-state index in [0.717, 1.165) is 12.1 Å². The minimum absolute atomic E-state index is 0.0641. The second-order valence-corrected chi connectivity index (χ2v) is 7.66. The van der Waals surface area contributed by atoms with Crippen LogP contribution in [0.5, 0.6) is 0 Å². The second-order valence-electron chi connectivity index (χ2n) is 6.44. The maximum absolute atomic E-state index is 14.5. The van der Waals surface area contributed by atoms with Gasteiger partial charge in [0.2, 0.25) is 0 Å². The summed E-state index contributed by atoms with van der Waals surface area (Å²) in [6.45, 7) is 3.08. The number of imidazole rings is 1. The van der Waals surface area contributed by atoms with Gasteiger partial charge in [-0.15, -0.1) is 0 Å². The molecular formula is C18H16BrClF3N5O. The number of carbonyl (C=O) groups is 1. The quantitative estimate of drug-likeness (QED) is 0.460. The Labute approximate surface area is 177 Å². The summed E-state index contributed by atoms with van der Waals surface area (Å²) in [5.41, 5.74) is 1.05. The van der Waals surface area contributed by atoms with Gasteiger partial charge in [-0.3, -0.25) is 4.79 Å². The molecule has 6 nitrogen and oxygen atoms in total. The van der Waals surface area contributed by atoms with Gasteiger partial charge in [0.15, 0.2) is 5.82 Å². The minimum Gasteiger partial charge on any atom is -0.346 e. The summed E-state index contributed by atoms with van der Waals surface area (Å²) in [6.07, 6.45) is -1.07. The van der Waals surface area contributed by atoms with Crippen LogP contribution in [-0.2, 0) is 0 Å². The van der Waals surface area contributed by atoms with Crippen molar-refractivity contribution in [3.63, 3.8) is 0 Å². The molecule has 0 bridgehead atoms. The monoisotopic (exact) mass is 489 g/mol. The van der Waals surface area contributed by atoms with Crippen LogP contribution in [0.3, 0.4) is 0 Å². The van der Waals surface area contributed by atoms with E-state index in [1.165, 1.54) is 0 Å². The number of aromatic nitrogens is 3. The molecule has 1 amide bonds. The first-order valence-electron chi connectivity index (χ1n) is 8.53. The zero-order valence-electron chi connectivity index (χ0n) is 15.3. The molecule has 0 radical (unpaired) electrons. The van der Waals surface area contributed by atoms with E-state index >= 15 is 0 Å². The van der Waals surface area contributed by atoms with Crippen molar-refractivity contribution in [2.24, 2.45) is 0 Å². The molecule has 11 heteroatoms. The number of hydrogen-bond donors (Lipinski definition) is 2. The van der Waals surface area contributed by atoms with Crippen LogP contribution in [0.4, 0.5) is 24.7 Å². The number of fused-ring (bicyclic) bond motifs is 1. The van der Waals surface area contributed by atoms with E-state index in [2.05, 4.69) is 31.2 Å². The lowest BCUT2D eigenvalue weighted by molar-refractivity contribution is 0.0892. The molecule has 3 aromatic rings. The maximum Gasteiger partial charge on any atom is 0.255 e. The SMILES string of the molecule is CC(C)n1cnc2cc(Br)nc(Nc3cc(C(=O)NCC(F)F)c(Cl)cc3F)c21. The van der Waals surface area contributed by atoms with E-state index in [-0.39, 0.29) is 22.3 Å². The van der Waals surface area contributed by atoms with Gasteiger partial charge in [-0.05, 0) is 48.0 Å². The molecular weight excluding hydrogens is 475 g/mol. The Bertz CT molecular complexity index is 1070. The summed E-state index contributed by atoms with van der Waals surface area (Å²) < 4.78 is 41.6. The van der Waals surface area contributed by atoms with Crippen molar-refractivity contribution in [3.8, 4) is 0 Å². The average molecular weight is 491 g/mol. The van der Waals surface area contributed by atoms with Gasteiger partial charge in [-0.1, -0.05) is 11.6 Å². The lowest BCUT2D eigenvalue weighted by atomic mass is 10.1. The number of pyridine rings is 1. The average Bonchev–Trinajstić information content (AvgIpc) is 3.06. The van der Waals surface area contributed by atoms with E-state index in [1.807, 2.05) is 23.7 Å². The molecule has 29 heavy (non-hydrogen) atoms. The van der Waals surface area contributed by atoms with E-state index < -0.39 is 24.7 Å². The highest BCUT2D eigenvalue weighted by molar-refractivity contribution is 9.10. The fourth-order valence-corrected chi connectivity index (χ4v) is 3.35. The van der Waals surface area contributed by atoms with Gasteiger partial charge in [-0.2, -0.15) is 0 Å². The number of amides is 1. The van der Waals surface area contributed by atoms with Crippen LogP contribution in [-0.4, -0.2) is 33.4 Å². The summed E-state index contributed by atoms with van der Waals surface area (Å²) in [4.78, 5) is 20.8. The lowest BCUT2D eigenvalue weighted by Crippen LogP contribution is -2.28. The van der Waals surface area contributed by atoms with Gasteiger partial charge in [0.25, 0.3) is 12.3 Å². The van der Waals surface area contributed by atoms with E-state index in [1.54, 1.807) is 12.4 Å². The van der Waals surface area contributed by atoms with Crippen molar-refractivity contribution in [1.29, 1.82) is 0 Å². The molecule has 0 fully saturated rings. The first-order valence-corrected chi connectivity index (χ1v) is 9.70. The first kappa shape index (κ1) is 21.4. The maximum atomic E-state index is 14.5. The second kappa shape index (κ2) is 8.58. The highest BCUT2D eigenvalue weighted by Gasteiger charge is 2.19. The fourth-order valence-electron chi connectivity index (χ4n) is 2.72. The molecule has 0 aliphatic heterocycles. The summed E-state index contributed by atoms with van der Waals surface area (Å²) >= 11 is 9.23. The van der Waals surface area contributed by atoms with Crippen LogP contribution in [0.15, 0.2) is 29.1 Å². The zero-order chi connectivity index (χ0) is 21.3. The standard InChI is InChI=1S/C18H16BrClF3N5O/c1-8(2)28-7-25-13-5-14(19)27-17(16(13)28)26-12-3-9(10(20)4-11(12)21)18(29)24-6-15(22)23/h3-5,7-8,15H,6H2,1-2H3,(H,24,29)(H,26,27). The molecule has 2 N–H and O–H groups in total. The molecule has 0 aliphatic carbocycles. The number of halogens is 5. The Morgan fingerprint density at radius 2 is 2.03 bits per heavy atom. The van der Waals surface area contributed by atoms with Crippen molar-refractivity contribution in [2.45, 2.75) is 26.3 Å². The summed E-state index contributed by atoms with van der Waals surface area (Å²) in [6, 6.07) is 3.88. The van der Waals surface area contributed by atoms with Gasteiger partial charge in [0.1, 0.15) is 15.9 Å². The fraction of sp³-hybridized carbons (Fsp3) is 0.278. The van der Waals surface area contributed by atoms with Crippen molar-refractivity contribution in [3.05, 3.63) is 45.5 Å². The Morgan fingerprint density at radius 3 is 2.69 bits per heavy atom. The van der Waals surface area contributed by atoms with Crippen LogP contribution in [0, 0.1) is 5.82 Å². The van der Waals surface area contributed by atoms with Crippen LogP contribution in [0.25, 0.3) is 11.0 Å². The Kier molecular flexibility index (Phi) is 6.33. The third-order valence-electron chi connectivity index (χ3n) is 4.05. The molecule has 2 heterocycles. The predicted octanol–water partition coefficient (Wildman–Crippen LogP) is 5.31. The van der Waals surface area contributed by atoms with Crippen molar-refractivity contribution in [2.75, 3.05) is 11.9 Å². The Balaban J connectivity index is 2.03. The molecule has 0 saturated carbocycles. The van der Waals surface area contributed by atoms with Crippen molar-refractivity contribution in [1.82, 2.24) is 19.9 Å². The smallest absolute Gasteiger partial charge is 0.255 e. The lowest BCUT2D eigenvalue weighted by Gasteiger charge is -2.15. The zero-order valence-corrected chi connectivity index (χ0v) is 17.7. The highest BCUT2D eigenvalue weighted by Crippen LogP contribution is 2.32. The van der Waals surface area contributed by atoms with E-state index in [9.17, 15) is 18.0 Å². The van der Waals surface area contributed by atoms with Crippen LogP contribution >= 0.6 is 27.5 Å². The normalized spacial score (nSPS) is 11.5. The van der Waals surface area contributed by atoms with Crippen LogP contribution in [0.2, 0.25) is 5.02 Å². The van der Waals surface area contributed by atoms with Gasteiger partial charge < -0.3 is 15.2 Å². The van der Waals surface area contributed by atoms with E-state index in [0.29, 0.717) is 21.5 Å². The van der Waals surface area contributed by atoms with Gasteiger partial charge in [-0.25, -0.2) is 23.1 Å². The first-order chi connectivity index (χ1) is 13.7.